The van der Waals surface area contributed by atoms with Gasteiger partial charge in [0.1, 0.15) is 5.82 Å². The predicted molar refractivity (Wildman–Crippen MR) is 63.6 cm³/mol. The number of hydrogen-bond acceptors (Lipinski definition) is 4. The van der Waals surface area contributed by atoms with Gasteiger partial charge in [-0.1, -0.05) is 0 Å². The van der Waals surface area contributed by atoms with E-state index in [1.807, 2.05) is 4.68 Å². The minimum absolute atomic E-state index is 0.226. The summed E-state index contributed by atoms with van der Waals surface area (Å²) >= 11 is 0. The van der Waals surface area contributed by atoms with Gasteiger partial charge in [-0.05, 0) is 38.3 Å². The molecule has 1 saturated heterocycles. The Balaban J connectivity index is 1.67. The number of piperidine rings is 1. The van der Waals surface area contributed by atoms with E-state index in [1.165, 1.54) is 12.8 Å². The van der Waals surface area contributed by atoms with Crippen LogP contribution in [-0.4, -0.2) is 39.1 Å². The number of rotatable bonds is 2. The first-order chi connectivity index (χ1) is 8.31. The molecular formula is C12H20N4O. The number of hydrogen-bond donors (Lipinski definition) is 2. The molecule has 0 aromatic carbocycles. The lowest BCUT2D eigenvalue weighted by Crippen LogP contribution is -2.31. The van der Waals surface area contributed by atoms with Crippen LogP contribution < -0.4 is 5.32 Å². The smallest absolute Gasteiger partial charge is 0.151 e. The molecule has 2 atom stereocenters. The van der Waals surface area contributed by atoms with Crippen molar-refractivity contribution in [3.63, 3.8) is 0 Å². The summed E-state index contributed by atoms with van der Waals surface area (Å²) in [5.41, 5.74) is 0. The fraction of sp³-hybridized carbons (Fsp3) is 0.833. The van der Waals surface area contributed by atoms with Gasteiger partial charge in [-0.15, -0.1) is 0 Å². The summed E-state index contributed by atoms with van der Waals surface area (Å²) in [5.74, 6) is 2.60. The molecule has 1 aromatic heterocycles. The summed E-state index contributed by atoms with van der Waals surface area (Å²) in [6.07, 6.45) is 4.76. The number of fused-ring (bicyclic) bond motifs is 1. The summed E-state index contributed by atoms with van der Waals surface area (Å²) in [6, 6.07) is 0. The van der Waals surface area contributed by atoms with Gasteiger partial charge in [-0.2, -0.15) is 5.10 Å². The summed E-state index contributed by atoms with van der Waals surface area (Å²) in [7, 11) is 0. The van der Waals surface area contributed by atoms with Crippen LogP contribution in [0.2, 0.25) is 0 Å². The van der Waals surface area contributed by atoms with E-state index in [-0.39, 0.29) is 6.10 Å². The first-order valence-electron chi connectivity index (χ1n) is 6.62. The highest BCUT2D eigenvalue weighted by molar-refractivity contribution is 4.99. The number of nitrogens with one attached hydrogen (secondary N) is 1. The van der Waals surface area contributed by atoms with Crippen molar-refractivity contribution in [2.75, 3.05) is 13.1 Å². The lowest BCUT2D eigenvalue weighted by atomic mass is 9.96. The standard InChI is InChI=1S/C12H20N4O/c17-10-3-5-16-12(7-10)14-11(15-16)6-9-2-1-4-13-8-9/h9-10,13,17H,1-8H2. The zero-order chi connectivity index (χ0) is 11.7. The van der Waals surface area contributed by atoms with Crippen LogP contribution in [0, 0.1) is 5.92 Å². The van der Waals surface area contributed by atoms with Gasteiger partial charge < -0.3 is 10.4 Å². The Labute approximate surface area is 101 Å². The molecule has 0 aliphatic carbocycles. The van der Waals surface area contributed by atoms with Crippen molar-refractivity contribution in [1.29, 1.82) is 0 Å². The Hall–Kier alpha value is -0.940. The molecule has 2 N–H and O–H groups in total. The molecule has 0 radical (unpaired) electrons. The first kappa shape index (κ1) is 11.2. The van der Waals surface area contributed by atoms with Crippen molar-refractivity contribution in [2.45, 2.75) is 44.8 Å². The van der Waals surface area contributed by atoms with Crippen LogP contribution in [0.1, 0.15) is 30.9 Å². The molecule has 0 saturated carbocycles. The Morgan fingerprint density at radius 1 is 1.41 bits per heavy atom. The van der Waals surface area contributed by atoms with Crippen LogP contribution in [0.5, 0.6) is 0 Å². The molecule has 5 heteroatoms. The number of aromatic nitrogens is 3. The van der Waals surface area contributed by atoms with Crippen LogP contribution in [-0.2, 0) is 19.4 Å². The molecule has 0 spiro atoms. The Kier molecular flexibility index (Phi) is 3.11. The molecule has 0 bridgehead atoms. The third-order valence-corrected chi connectivity index (χ3v) is 3.75. The SMILES string of the molecule is OC1CCn2nc(CC3CCCNC3)nc2C1. The average Bonchev–Trinajstić information content (AvgIpc) is 2.71. The molecule has 1 fully saturated rings. The Morgan fingerprint density at radius 3 is 3.18 bits per heavy atom. The van der Waals surface area contributed by atoms with Crippen molar-refractivity contribution in [3.05, 3.63) is 11.6 Å². The average molecular weight is 236 g/mol. The van der Waals surface area contributed by atoms with Gasteiger partial charge in [0.2, 0.25) is 0 Å². The van der Waals surface area contributed by atoms with Crippen molar-refractivity contribution in [2.24, 2.45) is 5.92 Å². The molecule has 2 aliphatic heterocycles. The number of nitrogens with zero attached hydrogens (tertiary/aromatic N) is 3. The molecule has 3 rings (SSSR count). The normalized spacial score (nSPS) is 29.0. The molecule has 5 nitrogen and oxygen atoms in total. The predicted octanol–water partition coefficient (Wildman–Crippen LogP) is 0.127. The zero-order valence-corrected chi connectivity index (χ0v) is 10.1. The lowest BCUT2D eigenvalue weighted by Gasteiger charge is -2.21. The molecular weight excluding hydrogens is 216 g/mol. The quantitative estimate of drug-likeness (QED) is 0.766. The number of aliphatic hydroxyl groups excluding tert-OH is 1. The monoisotopic (exact) mass is 236 g/mol. The van der Waals surface area contributed by atoms with Crippen molar-refractivity contribution < 1.29 is 5.11 Å². The topological polar surface area (TPSA) is 63.0 Å². The molecule has 1 aromatic rings. The largest absolute Gasteiger partial charge is 0.393 e. The Bertz CT molecular complexity index is 384. The van der Waals surface area contributed by atoms with Crippen molar-refractivity contribution >= 4 is 0 Å². The van der Waals surface area contributed by atoms with Gasteiger partial charge in [0, 0.05) is 19.4 Å². The first-order valence-corrected chi connectivity index (χ1v) is 6.62. The highest BCUT2D eigenvalue weighted by atomic mass is 16.3. The highest BCUT2D eigenvalue weighted by Gasteiger charge is 2.22. The van der Waals surface area contributed by atoms with Gasteiger partial charge in [0.05, 0.1) is 6.10 Å². The minimum Gasteiger partial charge on any atom is -0.393 e. The third kappa shape index (κ3) is 2.50. The van der Waals surface area contributed by atoms with Gasteiger partial charge >= 0.3 is 0 Å². The second-order valence-electron chi connectivity index (χ2n) is 5.23. The molecule has 3 heterocycles. The summed E-state index contributed by atoms with van der Waals surface area (Å²) in [4.78, 5) is 4.56. The Morgan fingerprint density at radius 2 is 2.35 bits per heavy atom. The minimum atomic E-state index is -0.226. The van der Waals surface area contributed by atoms with Crippen LogP contribution in [0.3, 0.4) is 0 Å². The van der Waals surface area contributed by atoms with Crippen molar-refractivity contribution in [1.82, 2.24) is 20.1 Å². The van der Waals surface area contributed by atoms with Gasteiger partial charge in [-0.25, -0.2) is 9.67 Å². The summed E-state index contributed by atoms with van der Waals surface area (Å²) in [6.45, 7) is 3.05. The van der Waals surface area contributed by atoms with Gasteiger partial charge in [-0.3, -0.25) is 0 Å². The van der Waals surface area contributed by atoms with Gasteiger partial charge in [0.15, 0.2) is 5.82 Å². The molecule has 0 amide bonds. The van der Waals surface area contributed by atoms with Crippen molar-refractivity contribution in [3.8, 4) is 0 Å². The zero-order valence-electron chi connectivity index (χ0n) is 10.1. The van der Waals surface area contributed by atoms with E-state index in [1.54, 1.807) is 0 Å². The molecule has 94 valence electrons. The second kappa shape index (κ2) is 4.74. The summed E-state index contributed by atoms with van der Waals surface area (Å²) < 4.78 is 1.97. The number of aryl methyl sites for hydroxylation is 1. The van der Waals surface area contributed by atoms with Gasteiger partial charge in [0.25, 0.3) is 0 Å². The van der Waals surface area contributed by atoms with Crippen LogP contribution in [0.4, 0.5) is 0 Å². The van der Waals surface area contributed by atoms with E-state index in [0.29, 0.717) is 12.3 Å². The van der Waals surface area contributed by atoms with E-state index in [9.17, 15) is 5.11 Å². The van der Waals surface area contributed by atoms with Crippen LogP contribution in [0.15, 0.2) is 0 Å². The molecule has 2 aliphatic rings. The fourth-order valence-electron chi connectivity index (χ4n) is 2.78. The van der Waals surface area contributed by atoms with E-state index in [0.717, 1.165) is 44.1 Å². The summed E-state index contributed by atoms with van der Waals surface area (Å²) in [5, 5.41) is 17.6. The maximum absolute atomic E-state index is 9.60. The van der Waals surface area contributed by atoms with Crippen LogP contribution >= 0.6 is 0 Å². The molecule has 17 heavy (non-hydrogen) atoms. The van der Waals surface area contributed by atoms with E-state index in [4.69, 9.17) is 0 Å². The fourth-order valence-corrected chi connectivity index (χ4v) is 2.78. The third-order valence-electron chi connectivity index (χ3n) is 3.75. The van der Waals surface area contributed by atoms with Crippen LogP contribution in [0.25, 0.3) is 0 Å². The van der Waals surface area contributed by atoms with E-state index in [2.05, 4.69) is 15.4 Å². The number of aliphatic hydroxyl groups is 1. The van der Waals surface area contributed by atoms with E-state index >= 15 is 0 Å². The van der Waals surface area contributed by atoms with E-state index < -0.39 is 0 Å². The maximum atomic E-state index is 9.60. The highest BCUT2D eigenvalue weighted by Crippen LogP contribution is 2.17. The maximum Gasteiger partial charge on any atom is 0.151 e. The lowest BCUT2D eigenvalue weighted by molar-refractivity contribution is 0.138. The molecule has 2 unspecified atom stereocenters. The second-order valence-corrected chi connectivity index (χ2v) is 5.23.